The molecular weight excluding hydrogens is 462 g/mol. The first kappa shape index (κ1) is 22.8. The van der Waals surface area contributed by atoms with Gasteiger partial charge in [-0.1, -0.05) is 6.07 Å². The van der Waals surface area contributed by atoms with Crippen LogP contribution in [-0.2, 0) is 9.59 Å². The lowest BCUT2D eigenvalue weighted by molar-refractivity contribution is -0.130. The molecule has 1 aromatic carbocycles. The van der Waals surface area contributed by atoms with Gasteiger partial charge in [-0.05, 0) is 71.6 Å². The highest BCUT2D eigenvalue weighted by Gasteiger charge is 2.26. The number of halogens is 1. The van der Waals surface area contributed by atoms with E-state index in [4.69, 9.17) is 9.47 Å². The molecule has 2 amide bonds. The number of benzene rings is 1. The molecule has 0 unspecified atom stereocenters. The highest BCUT2D eigenvalue weighted by atomic mass is 79.9. The van der Waals surface area contributed by atoms with E-state index in [0.29, 0.717) is 49.9 Å². The Balaban J connectivity index is 1.51. The van der Waals surface area contributed by atoms with Gasteiger partial charge in [0.05, 0.1) is 13.7 Å². The number of carbonyl (C=O) groups excluding carboxylic acids is 2. The number of hydrogen-bond donors (Lipinski definition) is 1. The molecule has 2 heterocycles. The lowest BCUT2D eigenvalue weighted by Crippen LogP contribution is -2.40. The first-order chi connectivity index (χ1) is 15.0. The number of nitrogens with one attached hydrogen (secondary N) is 1. The molecule has 1 aliphatic heterocycles. The van der Waals surface area contributed by atoms with E-state index < -0.39 is 0 Å². The van der Waals surface area contributed by atoms with E-state index in [9.17, 15) is 9.59 Å². The second kappa shape index (κ2) is 10.9. The molecular formula is C23H26BrN3O4. The summed E-state index contributed by atoms with van der Waals surface area (Å²) in [7, 11) is 1.59. The fraction of sp³-hybridized carbons (Fsp3) is 0.348. The van der Waals surface area contributed by atoms with Crippen molar-refractivity contribution in [2.45, 2.75) is 19.8 Å². The Labute approximate surface area is 190 Å². The molecule has 0 saturated carbocycles. The largest absolute Gasteiger partial charge is 0.493 e. The Morgan fingerprint density at radius 3 is 2.65 bits per heavy atom. The van der Waals surface area contributed by atoms with Gasteiger partial charge in [0.15, 0.2) is 11.5 Å². The maximum absolute atomic E-state index is 12.6. The number of aromatic nitrogens is 1. The lowest BCUT2D eigenvalue weighted by atomic mass is 9.96. The molecule has 164 valence electrons. The standard InChI is InChI=1S/C23H26BrN3O4/c1-3-31-19-7-4-16(14-20(19)30-2)5-9-22(28)27-12-10-17(11-13-27)23(29)26-21-8-6-18(24)15-25-21/h4-9,14-15,17H,3,10-13H2,1-2H3,(H,25,26,29). The van der Waals surface area contributed by atoms with Gasteiger partial charge in [0.25, 0.3) is 0 Å². The second-order valence-corrected chi connectivity index (χ2v) is 8.04. The first-order valence-corrected chi connectivity index (χ1v) is 11.0. The van der Waals surface area contributed by atoms with Crippen LogP contribution in [0.4, 0.5) is 5.82 Å². The minimum Gasteiger partial charge on any atom is -0.493 e. The van der Waals surface area contributed by atoms with E-state index in [1.165, 1.54) is 0 Å². The van der Waals surface area contributed by atoms with E-state index >= 15 is 0 Å². The van der Waals surface area contributed by atoms with Crippen molar-refractivity contribution in [3.05, 3.63) is 52.6 Å². The van der Waals surface area contributed by atoms with Crippen molar-refractivity contribution in [1.82, 2.24) is 9.88 Å². The van der Waals surface area contributed by atoms with Gasteiger partial charge >= 0.3 is 0 Å². The third-order valence-electron chi connectivity index (χ3n) is 5.06. The molecule has 1 aliphatic rings. The zero-order valence-corrected chi connectivity index (χ0v) is 19.2. The van der Waals surface area contributed by atoms with E-state index in [2.05, 4.69) is 26.2 Å². The van der Waals surface area contributed by atoms with Crippen molar-refractivity contribution < 1.29 is 19.1 Å². The molecule has 0 radical (unpaired) electrons. The van der Waals surface area contributed by atoms with E-state index in [1.54, 1.807) is 36.4 Å². The van der Waals surface area contributed by atoms with Crippen molar-refractivity contribution in [2.24, 2.45) is 5.92 Å². The summed E-state index contributed by atoms with van der Waals surface area (Å²) in [5, 5.41) is 2.84. The third-order valence-corrected chi connectivity index (χ3v) is 5.53. The SMILES string of the molecule is CCOc1ccc(C=CC(=O)N2CCC(C(=O)Nc3ccc(Br)cn3)CC2)cc1OC. The van der Waals surface area contributed by atoms with Gasteiger partial charge in [-0.15, -0.1) is 0 Å². The fourth-order valence-electron chi connectivity index (χ4n) is 3.38. The number of rotatable bonds is 7. The first-order valence-electron chi connectivity index (χ1n) is 10.2. The monoisotopic (exact) mass is 487 g/mol. The summed E-state index contributed by atoms with van der Waals surface area (Å²) in [6, 6.07) is 9.12. The van der Waals surface area contributed by atoms with Gasteiger partial charge in [0.2, 0.25) is 11.8 Å². The molecule has 1 aromatic heterocycles. The number of nitrogens with zero attached hydrogens (tertiary/aromatic N) is 2. The number of amides is 2. The average molecular weight is 488 g/mol. The van der Waals surface area contributed by atoms with Gasteiger partial charge in [-0.3, -0.25) is 9.59 Å². The molecule has 8 heteroatoms. The van der Waals surface area contributed by atoms with Crippen molar-refractivity contribution in [1.29, 1.82) is 0 Å². The summed E-state index contributed by atoms with van der Waals surface area (Å²) >= 11 is 3.32. The number of pyridine rings is 1. The maximum Gasteiger partial charge on any atom is 0.246 e. The quantitative estimate of drug-likeness (QED) is 0.593. The molecule has 0 spiro atoms. The van der Waals surface area contributed by atoms with Gasteiger partial charge in [0, 0.05) is 35.8 Å². The minimum absolute atomic E-state index is 0.0565. The summed E-state index contributed by atoms with van der Waals surface area (Å²) in [5.74, 6) is 1.57. The molecule has 31 heavy (non-hydrogen) atoms. The van der Waals surface area contributed by atoms with Crippen LogP contribution in [0.2, 0.25) is 0 Å². The summed E-state index contributed by atoms with van der Waals surface area (Å²) in [6.45, 7) is 3.55. The summed E-state index contributed by atoms with van der Waals surface area (Å²) < 4.78 is 11.7. The summed E-state index contributed by atoms with van der Waals surface area (Å²) in [5.41, 5.74) is 0.852. The number of ether oxygens (including phenoxy) is 2. The highest BCUT2D eigenvalue weighted by Crippen LogP contribution is 2.28. The summed E-state index contributed by atoms with van der Waals surface area (Å²) in [6.07, 6.45) is 6.21. The number of hydrogen-bond acceptors (Lipinski definition) is 5. The number of methoxy groups -OCH3 is 1. The molecule has 0 atom stereocenters. The van der Waals surface area contributed by atoms with Crippen molar-refractivity contribution in [2.75, 3.05) is 32.1 Å². The van der Waals surface area contributed by atoms with Gasteiger partial charge in [-0.25, -0.2) is 4.98 Å². The normalized spacial score (nSPS) is 14.5. The number of likely N-dealkylation sites (tertiary alicyclic amines) is 1. The summed E-state index contributed by atoms with van der Waals surface area (Å²) in [4.78, 5) is 31.0. The number of carbonyl (C=O) groups is 2. The Kier molecular flexibility index (Phi) is 8.06. The zero-order valence-electron chi connectivity index (χ0n) is 17.6. The van der Waals surface area contributed by atoms with Crippen LogP contribution in [0.5, 0.6) is 11.5 Å². The van der Waals surface area contributed by atoms with E-state index in [-0.39, 0.29) is 17.7 Å². The maximum atomic E-state index is 12.6. The van der Waals surface area contributed by atoms with Gasteiger partial charge in [0.1, 0.15) is 5.82 Å². The van der Waals surface area contributed by atoms with Crippen LogP contribution in [0.25, 0.3) is 6.08 Å². The third kappa shape index (κ3) is 6.30. The molecule has 2 aromatic rings. The lowest BCUT2D eigenvalue weighted by Gasteiger charge is -2.30. The predicted molar refractivity (Wildman–Crippen MR) is 123 cm³/mol. The van der Waals surface area contributed by atoms with Crippen LogP contribution in [-0.4, -0.2) is 48.5 Å². The molecule has 0 aliphatic carbocycles. The highest BCUT2D eigenvalue weighted by molar-refractivity contribution is 9.10. The molecule has 1 fully saturated rings. The van der Waals surface area contributed by atoms with Crippen LogP contribution in [0, 0.1) is 5.92 Å². The topological polar surface area (TPSA) is 80.8 Å². The second-order valence-electron chi connectivity index (χ2n) is 7.13. The Bertz CT molecular complexity index is 938. The van der Waals surface area contributed by atoms with Crippen molar-refractivity contribution >= 4 is 39.6 Å². The Hall–Kier alpha value is -2.87. The number of anilines is 1. The van der Waals surface area contributed by atoms with Crippen LogP contribution in [0.3, 0.4) is 0 Å². The molecule has 1 saturated heterocycles. The minimum atomic E-state index is -0.131. The average Bonchev–Trinajstić information content (AvgIpc) is 2.80. The van der Waals surface area contributed by atoms with Crippen LogP contribution < -0.4 is 14.8 Å². The van der Waals surface area contributed by atoms with Crippen LogP contribution >= 0.6 is 15.9 Å². The Morgan fingerprint density at radius 1 is 1.23 bits per heavy atom. The predicted octanol–water partition coefficient (Wildman–Crippen LogP) is 4.14. The molecule has 0 bridgehead atoms. The van der Waals surface area contributed by atoms with Crippen LogP contribution in [0.1, 0.15) is 25.3 Å². The van der Waals surface area contributed by atoms with Crippen molar-refractivity contribution in [3.63, 3.8) is 0 Å². The van der Waals surface area contributed by atoms with Crippen LogP contribution in [0.15, 0.2) is 47.1 Å². The van der Waals surface area contributed by atoms with Gasteiger partial charge < -0.3 is 19.7 Å². The van der Waals surface area contributed by atoms with E-state index in [1.807, 2.05) is 31.2 Å². The molecule has 3 rings (SSSR count). The zero-order chi connectivity index (χ0) is 22.2. The molecule has 7 nitrogen and oxygen atoms in total. The molecule has 1 N–H and O–H groups in total. The fourth-order valence-corrected chi connectivity index (χ4v) is 3.61. The Morgan fingerprint density at radius 2 is 2.00 bits per heavy atom. The number of piperidine rings is 1. The van der Waals surface area contributed by atoms with E-state index in [0.717, 1.165) is 10.0 Å². The van der Waals surface area contributed by atoms with Crippen molar-refractivity contribution in [3.8, 4) is 11.5 Å². The smallest absolute Gasteiger partial charge is 0.246 e. The van der Waals surface area contributed by atoms with Gasteiger partial charge in [-0.2, -0.15) is 0 Å².